The molecule has 106 valence electrons. The van der Waals surface area contributed by atoms with Gasteiger partial charge in [0.1, 0.15) is 5.69 Å². The van der Waals surface area contributed by atoms with Gasteiger partial charge in [0.05, 0.1) is 11.3 Å². The van der Waals surface area contributed by atoms with Crippen LogP contribution in [0.25, 0.3) is 0 Å². The number of carboxylic acids is 1. The molecule has 0 fully saturated rings. The van der Waals surface area contributed by atoms with Crippen molar-refractivity contribution >= 4 is 29.0 Å². The zero-order chi connectivity index (χ0) is 15.2. The van der Waals surface area contributed by atoms with Crippen molar-refractivity contribution in [2.45, 2.75) is 5.50 Å². The Labute approximate surface area is 125 Å². The number of benzene rings is 1. The van der Waals surface area contributed by atoms with Gasteiger partial charge in [0.25, 0.3) is 0 Å². The molecule has 21 heavy (non-hydrogen) atoms. The first-order chi connectivity index (χ1) is 10.1. The number of pyridine rings is 1. The molecule has 0 saturated carbocycles. The number of aliphatic carboxylic acids is 1. The number of carboxylic acid groups (broad SMARTS) is 1. The standard InChI is InChI=1S/C14H10ClN3O3/c15-13(14(20)21)18-17-10-6-2-1-5-9(10)12(19)11-7-3-4-8-16-11/h1-8,13H,(H,20,21)/b18-17+. The van der Waals surface area contributed by atoms with E-state index in [1.807, 2.05) is 0 Å². The molecule has 7 heteroatoms. The lowest BCUT2D eigenvalue weighted by Crippen LogP contribution is -2.09. The fraction of sp³-hybridized carbons (Fsp3) is 0.0714. The van der Waals surface area contributed by atoms with Crippen LogP contribution in [0.3, 0.4) is 0 Å². The summed E-state index contributed by atoms with van der Waals surface area (Å²) in [6.45, 7) is 0. The highest BCUT2D eigenvalue weighted by Crippen LogP contribution is 2.22. The van der Waals surface area contributed by atoms with Gasteiger partial charge in [-0.2, -0.15) is 10.2 Å². The Morgan fingerprint density at radius 1 is 1.14 bits per heavy atom. The van der Waals surface area contributed by atoms with Crippen LogP contribution >= 0.6 is 11.6 Å². The molecule has 1 aromatic heterocycles. The molecule has 1 unspecified atom stereocenters. The number of azo groups is 1. The van der Waals surface area contributed by atoms with Crippen molar-refractivity contribution in [3.63, 3.8) is 0 Å². The van der Waals surface area contributed by atoms with Crippen molar-refractivity contribution in [2.24, 2.45) is 10.2 Å². The number of ketones is 1. The van der Waals surface area contributed by atoms with Gasteiger partial charge in [-0.05, 0) is 24.3 Å². The van der Waals surface area contributed by atoms with E-state index >= 15 is 0 Å². The molecule has 0 aliphatic carbocycles. The van der Waals surface area contributed by atoms with Gasteiger partial charge >= 0.3 is 5.97 Å². The van der Waals surface area contributed by atoms with Crippen molar-refractivity contribution in [1.29, 1.82) is 0 Å². The number of aromatic nitrogens is 1. The molecule has 0 spiro atoms. The van der Waals surface area contributed by atoms with Crippen molar-refractivity contribution in [3.8, 4) is 0 Å². The van der Waals surface area contributed by atoms with E-state index in [0.717, 1.165) is 0 Å². The summed E-state index contributed by atoms with van der Waals surface area (Å²) < 4.78 is 0. The molecule has 1 aromatic carbocycles. The largest absolute Gasteiger partial charge is 0.479 e. The van der Waals surface area contributed by atoms with E-state index in [0.29, 0.717) is 0 Å². The lowest BCUT2D eigenvalue weighted by molar-refractivity contribution is -0.136. The number of rotatable bonds is 5. The normalized spacial score (nSPS) is 12.2. The van der Waals surface area contributed by atoms with E-state index in [4.69, 9.17) is 16.7 Å². The van der Waals surface area contributed by atoms with Crippen LogP contribution in [-0.2, 0) is 4.79 Å². The Kier molecular flexibility index (Phi) is 4.73. The molecule has 2 aromatic rings. The summed E-state index contributed by atoms with van der Waals surface area (Å²) in [6, 6.07) is 11.4. The van der Waals surface area contributed by atoms with E-state index in [9.17, 15) is 9.59 Å². The lowest BCUT2D eigenvalue weighted by atomic mass is 10.1. The third-order valence-electron chi connectivity index (χ3n) is 2.52. The van der Waals surface area contributed by atoms with Gasteiger partial charge in [0.2, 0.25) is 11.3 Å². The fourth-order valence-corrected chi connectivity index (χ4v) is 1.59. The number of nitrogens with zero attached hydrogens (tertiary/aromatic N) is 3. The Hall–Kier alpha value is -2.60. The second-order valence-electron chi connectivity index (χ2n) is 3.95. The topological polar surface area (TPSA) is 92.0 Å². The van der Waals surface area contributed by atoms with Crippen molar-refractivity contribution in [1.82, 2.24) is 4.98 Å². The molecule has 6 nitrogen and oxygen atoms in total. The van der Waals surface area contributed by atoms with Crippen LogP contribution in [0.2, 0.25) is 0 Å². The van der Waals surface area contributed by atoms with Gasteiger partial charge < -0.3 is 5.11 Å². The molecule has 0 aliphatic rings. The van der Waals surface area contributed by atoms with Crippen LogP contribution in [0.5, 0.6) is 0 Å². The molecule has 0 bridgehead atoms. The first-order valence-corrected chi connectivity index (χ1v) is 6.35. The molecular weight excluding hydrogens is 294 g/mol. The molecule has 1 N–H and O–H groups in total. The Morgan fingerprint density at radius 2 is 1.86 bits per heavy atom. The van der Waals surface area contributed by atoms with Crippen LogP contribution in [0.15, 0.2) is 58.9 Å². The molecular formula is C14H10ClN3O3. The summed E-state index contributed by atoms with van der Waals surface area (Å²) in [5, 5.41) is 15.8. The highest BCUT2D eigenvalue weighted by Gasteiger charge is 2.15. The summed E-state index contributed by atoms with van der Waals surface area (Å²) in [4.78, 5) is 26.9. The molecule has 1 atom stereocenters. The van der Waals surface area contributed by atoms with E-state index in [2.05, 4.69) is 15.2 Å². The monoisotopic (exact) mass is 303 g/mol. The summed E-state index contributed by atoms with van der Waals surface area (Å²) in [5.74, 6) is -1.64. The molecule has 0 amide bonds. The smallest absolute Gasteiger partial charge is 0.345 e. The predicted octanol–water partition coefficient (Wildman–Crippen LogP) is 3.05. The number of hydrogen-bond donors (Lipinski definition) is 1. The van der Waals surface area contributed by atoms with Crippen LogP contribution in [0.1, 0.15) is 16.1 Å². The Bertz CT molecular complexity index is 689. The average Bonchev–Trinajstić information content (AvgIpc) is 2.53. The van der Waals surface area contributed by atoms with Crippen LogP contribution < -0.4 is 0 Å². The van der Waals surface area contributed by atoms with Crippen LogP contribution in [0.4, 0.5) is 5.69 Å². The maximum Gasteiger partial charge on any atom is 0.345 e. The van der Waals surface area contributed by atoms with Gasteiger partial charge in [-0.1, -0.05) is 29.8 Å². The van der Waals surface area contributed by atoms with Crippen molar-refractivity contribution in [2.75, 3.05) is 0 Å². The SMILES string of the molecule is O=C(c1ccccn1)c1ccccc1/N=N/C(Cl)C(=O)O. The number of carbonyl (C=O) groups is 2. The third kappa shape index (κ3) is 3.70. The Balaban J connectivity index is 2.33. The third-order valence-corrected chi connectivity index (χ3v) is 2.79. The molecule has 0 radical (unpaired) electrons. The second-order valence-corrected chi connectivity index (χ2v) is 4.36. The zero-order valence-corrected chi connectivity index (χ0v) is 11.4. The van der Waals surface area contributed by atoms with Gasteiger partial charge in [-0.25, -0.2) is 4.79 Å². The van der Waals surface area contributed by atoms with E-state index < -0.39 is 11.5 Å². The maximum absolute atomic E-state index is 12.3. The fourth-order valence-electron chi connectivity index (χ4n) is 1.55. The number of alkyl halides is 1. The molecule has 2 rings (SSSR count). The van der Waals surface area contributed by atoms with Gasteiger partial charge in [0, 0.05) is 6.20 Å². The van der Waals surface area contributed by atoms with E-state index in [-0.39, 0.29) is 22.7 Å². The Morgan fingerprint density at radius 3 is 2.52 bits per heavy atom. The summed E-state index contributed by atoms with van der Waals surface area (Å²) in [5.41, 5.74) is -0.724. The summed E-state index contributed by atoms with van der Waals surface area (Å²) in [7, 11) is 0. The number of halogens is 1. The first-order valence-electron chi connectivity index (χ1n) is 5.92. The van der Waals surface area contributed by atoms with Crippen molar-refractivity contribution in [3.05, 3.63) is 59.9 Å². The minimum absolute atomic E-state index is 0.236. The highest BCUT2D eigenvalue weighted by atomic mass is 35.5. The quantitative estimate of drug-likeness (QED) is 0.397. The maximum atomic E-state index is 12.3. The minimum atomic E-state index is -1.50. The lowest BCUT2D eigenvalue weighted by Gasteiger charge is -2.03. The highest BCUT2D eigenvalue weighted by molar-refractivity contribution is 6.29. The predicted molar refractivity (Wildman–Crippen MR) is 75.9 cm³/mol. The number of hydrogen-bond acceptors (Lipinski definition) is 5. The average molecular weight is 304 g/mol. The zero-order valence-electron chi connectivity index (χ0n) is 10.7. The van der Waals surface area contributed by atoms with E-state index in [1.165, 1.54) is 6.20 Å². The van der Waals surface area contributed by atoms with Gasteiger partial charge in [0.15, 0.2) is 0 Å². The first kappa shape index (κ1) is 14.8. The number of carbonyl (C=O) groups excluding carboxylic acids is 1. The second kappa shape index (κ2) is 6.71. The molecule has 1 heterocycles. The van der Waals surface area contributed by atoms with Gasteiger partial charge in [-0.3, -0.25) is 9.78 Å². The van der Waals surface area contributed by atoms with Gasteiger partial charge in [-0.15, -0.1) is 0 Å². The molecule has 0 aliphatic heterocycles. The van der Waals surface area contributed by atoms with Crippen molar-refractivity contribution < 1.29 is 14.7 Å². The minimum Gasteiger partial charge on any atom is -0.479 e. The molecule has 0 saturated heterocycles. The summed E-state index contributed by atoms with van der Waals surface area (Å²) in [6.07, 6.45) is 1.51. The van der Waals surface area contributed by atoms with Crippen LogP contribution in [0, 0.1) is 0 Å². The van der Waals surface area contributed by atoms with E-state index in [1.54, 1.807) is 42.5 Å². The van der Waals surface area contributed by atoms with Crippen LogP contribution in [-0.4, -0.2) is 27.3 Å². The summed E-state index contributed by atoms with van der Waals surface area (Å²) >= 11 is 5.46.